The Balaban J connectivity index is 1.47. The first-order valence-electron chi connectivity index (χ1n) is 8.20. The molecule has 0 saturated carbocycles. The van der Waals surface area contributed by atoms with Crippen LogP contribution in [-0.4, -0.2) is 52.5 Å². The molecule has 10 heteroatoms. The topological polar surface area (TPSA) is 120 Å². The Bertz CT molecular complexity index is 1100. The number of aryl methyl sites for hydroxylation is 1. The minimum Gasteiger partial charge on any atom is -0.330 e. The summed E-state index contributed by atoms with van der Waals surface area (Å²) in [6, 6.07) is 7.19. The molecule has 0 unspecified atom stereocenters. The van der Waals surface area contributed by atoms with Crippen LogP contribution in [0.25, 0.3) is 11.4 Å². The Labute approximate surface area is 155 Å². The van der Waals surface area contributed by atoms with Gasteiger partial charge in [0.15, 0.2) is 5.82 Å². The fourth-order valence-corrected chi connectivity index (χ4v) is 3.68. The van der Waals surface area contributed by atoms with Crippen LogP contribution in [-0.2, 0) is 14.8 Å². The van der Waals surface area contributed by atoms with Crippen molar-refractivity contribution in [3.05, 3.63) is 54.0 Å². The van der Waals surface area contributed by atoms with Crippen LogP contribution in [0.5, 0.6) is 0 Å². The van der Waals surface area contributed by atoms with E-state index in [1.807, 2.05) is 19.1 Å². The number of anilines is 1. The largest absolute Gasteiger partial charge is 0.330 e. The van der Waals surface area contributed by atoms with Gasteiger partial charge in [-0.25, -0.2) is 13.4 Å². The fourth-order valence-electron chi connectivity index (χ4n) is 2.71. The molecule has 2 aliphatic rings. The predicted octanol–water partition coefficient (Wildman–Crippen LogP) is 1.22. The van der Waals surface area contributed by atoms with Crippen molar-refractivity contribution in [3.8, 4) is 11.4 Å². The van der Waals surface area contributed by atoms with Gasteiger partial charge in [-0.2, -0.15) is 5.10 Å². The lowest BCUT2D eigenvalue weighted by atomic mass is 10.1. The maximum absolute atomic E-state index is 12.5. The number of carbonyl (C=O) groups is 1. The summed E-state index contributed by atoms with van der Waals surface area (Å²) in [7, 11) is -3.41. The smallest absolute Gasteiger partial charge is 0.257 e. The number of aromatic amines is 1. The zero-order valence-electron chi connectivity index (χ0n) is 14.4. The Morgan fingerprint density at radius 2 is 2.00 bits per heavy atom. The second kappa shape index (κ2) is 6.47. The van der Waals surface area contributed by atoms with Gasteiger partial charge in [0, 0.05) is 24.0 Å². The Kier molecular flexibility index (Phi) is 4.11. The normalized spacial score (nSPS) is 17.7. The lowest BCUT2D eigenvalue weighted by Gasteiger charge is -2.26. The van der Waals surface area contributed by atoms with Crippen molar-refractivity contribution in [3.63, 3.8) is 0 Å². The molecule has 9 nitrogen and oxygen atoms in total. The van der Waals surface area contributed by atoms with Crippen molar-refractivity contribution in [2.75, 3.05) is 17.6 Å². The first-order chi connectivity index (χ1) is 12.9. The number of fused-ring (bicyclic) bond motifs is 1. The molecule has 0 bridgehead atoms. The quantitative estimate of drug-likeness (QED) is 0.821. The Morgan fingerprint density at radius 3 is 2.70 bits per heavy atom. The number of hydrogen-bond acceptors (Lipinski definition) is 6. The van der Waals surface area contributed by atoms with Crippen molar-refractivity contribution in [2.45, 2.75) is 6.92 Å². The van der Waals surface area contributed by atoms with Crippen molar-refractivity contribution in [2.24, 2.45) is 4.40 Å². The van der Waals surface area contributed by atoms with E-state index in [-0.39, 0.29) is 18.2 Å². The van der Waals surface area contributed by atoms with Gasteiger partial charge in [-0.3, -0.25) is 9.89 Å². The highest BCUT2D eigenvalue weighted by Gasteiger charge is 2.25. The third kappa shape index (κ3) is 3.65. The summed E-state index contributed by atoms with van der Waals surface area (Å²) in [6.45, 7) is 2.09. The molecule has 3 heterocycles. The number of amidine groups is 1. The second-order valence-corrected chi connectivity index (χ2v) is 7.88. The molecule has 138 valence electrons. The third-order valence-electron chi connectivity index (χ3n) is 4.08. The first-order valence-corrected chi connectivity index (χ1v) is 9.80. The zero-order valence-corrected chi connectivity index (χ0v) is 15.2. The van der Waals surface area contributed by atoms with E-state index in [4.69, 9.17) is 0 Å². The van der Waals surface area contributed by atoms with Crippen LogP contribution >= 0.6 is 0 Å². The molecule has 0 fully saturated rings. The number of aromatic nitrogens is 3. The molecule has 4 rings (SSSR count). The van der Waals surface area contributed by atoms with Crippen LogP contribution in [0.3, 0.4) is 0 Å². The minimum atomic E-state index is -3.41. The maximum Gasteiger partial charge on any atom is 0.257 e. The number of nitrogens with one attached hydrogen (secondary N) is 2. The van der Waals surface area contributed by atoms with E-state index in [9.17, 15) is 13.2 Å². The SMILES string of the molecule is Cc1nc(-c2ccc(NC(=O)C3=CN4CCS(=O)(=O)N=C4C=C3)cc2)n[nH]1. The number of rotatable bonds is 3. The summed E-state index contributed by atoms with van der Waals surface area (Å²) in [4.78, 5) is 18.4. The number of hydrogen-bond donors (Lipinski definition) is 2. The van der Waals surface area contributed by atoms with E-state index in [0.717, 1.165) is 11.4 Å². The molecule has 2 aliphatic heterocycles. The Morgan fingerprint density at radius 1 is 1.22 bits per heavy atom. The lowest BCUT2D eigenvalue weighted by Crippen LogP contribution is -2.37. The number of H-pyrrole nitrogens is 1. The molecule has 0 saturated heterocycles. The molecule has 0 atom stereocenters. The summed E-state index contributed by atoms with van der Waals surface area (Å²) in [6.07, 6.45) is 4.68. The number of sulfonamides is 1. The van der Waals surface area contributed by atoms with E-state index in [0.29, 0.717) is 22.9 Å². The zero-order chi connectivity index (χ0) is 19.0. The Hall–Kier alpha value is -3.27. The molecule has 2 N–H and O–H groups in total. The van der Waals surface area contributed by atoms with E-state index >= 15 is 0 Å². The fraction of sp³-hybridized carbons (Fsp3) is 0.176. The van der Waals surface area contributed by atoms with Gasteiger partial charge in [-0.05, 0) is 43.3 Å². The average molecular weight is 384 g/mol. The number of carbonyl (C=O) groups excluding carboxylic acids is 1. The van der Waals surface area contributed by atoms with Crippen molar-refractivity contribution < 1.29 is 13.2 Å². The van der Waals surface area contributed by atoms with Crippen LogP contribution in [0, 0.1) is 6.92 Å². The molecule has 1 amide bonds. The van der Waals surface area contributed by atoms with Gasteiger partial charge in [0.2, 0.25) is 0 Å². The second-order valence-electron chi connectivity index (χ2n) is 6.12. The summed E-state index contributed by atoms with van der Waals surface area (Å²) in [5.74, 6) is 1.28. The molecular formula is C17H16N6O3S. The van der Waals surface area contributed by atoms with Gasteiger partial charge in [-0.15, -0.1) is 4.40 Å². The van der Waals surface area contributed by atoms with Gasteiger partial charge in [0.05, 0.1) is 11.3 Å². The molecule has 27 heavy (non-hydrogen) atoms. The van der Waals surface area contributed by atoms with Gasteiger partial charge >= 0.3 is 0 Å². The number of amides is 1. The van der Waals surface area contributed by atoms with Crippen LogP contribution in [0.1, 0.15) is 5.82 Å². The first kappa shape index (κ1) is 17.2. The van der Waals surface area contributed by atoms with Crippen LogP contribution < -0.4 is 5.32 Å². The summed E-state index contributed by atoms with van der Waals surface area (Å²) >= 11 is 0. The van der Waals surface area contributed by atoms with E-state index < -0.39 is 10.0 Å². The monoisotopic (exact) mass is 384 g/mol. The van der Waals surface area contributed by atoms with E-state index in [2.05, 4.69) is 24.9 Å². The van der Waals surface area contributed by atoms with E-state index in [1.165, 1.54) is 6.08 Å². The van der Waals surface area contributed by atoms with Gasteiger partial charge in [0.1, 0.15) is 11.7 Å². The molecule has 1 aromatic carbocycles. The molecular weight excluding hydrogens is 368 g/mol. The molecule has 0 spiro atoms. The van der Waals surface area contributed by atoms with Crippen LogP contribution in [0.2, 0.25) is 0 Å². The van der Waals surface area contributed by atoms with Crippen molar-refractivity contribution in [1.29, 1.82) is 0 Å². The highest BCUT2D eigenvalue weighted by molar-refractivity contribution is 7.90. The number of benzene rings is 1. The van der Waals surface area contributed by atoms with Gasteiger partial charge in [0.25, 0.3) is 15.9 Å². The van der Waals surface area contributed by atoms with Crippen LogP contribution in [0.15, 0.2) is 52.6 Å². The standard InChI is InChI=1S/C17H16N6O3S/c1-11-18-16(21-20-11)12-2-5-14(6-3-12)19-17(24)13-4-7-15-22-27(25,26)9-8-23(15)10-13/h2-7,10H,8-9H2,1H3,(H,19,24)(H,18,20,21). The van der Waals surface area contributed by atoms with Gasteiger partial charge in [-0.1, -0.05) is 0 Å². The van der Waals surface area contributed by atoms with Gasteiger partial charge < -0.3 is 10.2 Å². The number of nitrogens with zero attached hydrogens (tertiary/aromatic N) is 4. The minimum absolute atomic E-state index is 0.0715. The summed E-state index contributed by atoms with van der Waals surface area (Å²) < 4.78 is 26.8. The predicted molar refractivity (Wildman–Crippen MR) is 100 cm³/mol. The average Bonchev–Trinajstić information content (AvgIpc) is 3.07. The van der Waals surface area contributed by atoms with Crippen molar-refractivity contribution in [1.82, 2.24) is 20.1 Å². The molecule has 2 aromatic rings. The summed E-state index contributed by atoms with van der Waals surface area (Å²) in [5.41, 5.74) is 1.89. The summed E-state index contributed by atoms with van der Waals surface area (Å²) in [5, 5.41) is 9.70. The molecule has 0 radical (unpaired) electrons. The van der Waals surface area contributed by atoms with Crippen LogP contribution in [0.4, 0.5) is 5.69 Å². The third-order valence-corrected chi connectivity index (χ3v) is 5.25. The highest BCUT2D eigenvalue weighted by Crippen LogP contribution is 2.20. The highest BCUT2D eigenvalue weighted by atomic mass is 32.2. The lowest BCUT2D eigenvalue weighted by molar-refractivity contribution is -0.112. The van der Waals surface area contributed by atoms with E-state index in [1.54, 1.807) is 29.3 Å². The molecule has 1 aromatic heterocycles. The maximum atomic E-state index is 12.5. The van der Waals surface area contributed by atoms with Crippen molar-refractivity contribution >= 4 is 27.5 Å². The molecule has 0 aliphatic carbocycles.